The van der Waals surface area contributed by atoms with E-state index in [0.29, 0.717) is 0 Å². The third-order valence-corrected chi connectivity index (χ3v) is 3.21. The van der Waals surface area contributed by atoms with Crippen molar-refractivity contribution in [2.75, 3.05) is 0 Å². The molecule has 0 saturated heterocycles. The molecule has 24 heavy (non-hydrogen) atoms. The second-order valence-corrected chi connectivity index (χ2v) is 5.20. The summed E-state index contributed by atoms with van der Waals surface area (Å²) in [5, 5.41) is 16.2. The molecule has 0 aliphatic rings. The van der Waals surface area contributed by atoms with Crippen LogP contribution in [0, 0.1) is 16.2 Å². The van der Waals surface area contributed by atoms with Gasteiger partial charge in [0, 0.05) is 0 Å². The number of isocyanates is 3. The average Bonchev–Trinajstić information content (AvgIpc) is 2.55. The van der Waals surface area contributed by atoms with E-state index in [0.717, 1.165) is 18.2 Å². The Hall–Kier alpha value is -1.86. The number of carbonyl (C=O) groups excluding carboxylic acids is 3. The van der Waals surface area contributed by atoms with Crippen molar-refractivity contribution in [1.29, 1.82) is 16.2 Å². The van der Waals surface area contributed by atoms with Crippen molar-refractivity contribution < 1.29 is 14.4 Å². The number of hydrogen-bond donors (Lipinski definition) is 3. The van der Waals surface area contributed by atoms with Gasteiger partial charge in [-0.3, -0.25) is 0 Å². The second-order valence-electron chi connectivity index (χ2n) is 5.20. The Kier molecular flexibility index (Phi) is 53.7. The van der Waals surface area contributed by atoms with E-state index in [-0.39, 0.29) is 0 Å². The van der Waals surface area contributed by atoms with Gasteiger partial charge in [0.1, 0.15) is 0 Å². The minimum Gasteiger partial charge on any atom is -0.222 e. The van der Waals surface area contributed by atoms with Crippen molar-refractivity contribution in [3.8, 4) is 0 Å². The maximum atomic E-state index is 8.35. The first-order valence-electron chi connectivity index (χ1n) is 8.78. The van der Waals surface area contributed by atoms with Gasteiger partial charge >= 0.3 is 0 Å². The third-order valence-electron chi connectivity index (χ3n) is 3.21. The summed E-state index contributed by atoms with van der Waals surface area (Å²) in [5.74, 6) is 0. The van der Waals surface area contributed by atoms with Crippen LogP contribution in [0.3, 0.4) is 0 Å². The van der Waals surface area contributed by atoms with Gasteiger partial charge in [0.25, 0.3) is 0 Å². The molecule has 6 nitrogen and oxygen atoms in total. The lowest BCUT2D eigenvalue weighted by Gasteiger charge is -2.01. The molecule has 0 aromatic carbocycles. The average molecular weight is 341 g/mol. The lowest BCUT2D eigenvalue weighted by molar-refractivity contribution is 0.542. The zero-order chi connectivity index (χ0) is 19.3. The standard InChI is InChI=1S/C15H32.3CHNO/c1-3-5-7-9-11-13-15-14-12-10-8-6-4-2;3*2-1-3/h3-15H2,1-2H3;3*2H. The smallest absolute Gasteiger partial charge is 0.222 e. The van der Waals surface area contributed by atoms with Gasteiger partial charge in [-0.25, -0.2) is 30.6 Å². The molecule has 0 aromatic heterocycles. The zero-order valence-corrected chi connectivity index (χ0v) is 15.4. The van der Waals surface area contributed by atoms with E-state index in [9.17, 15) is 0 Å². The minimum atomic E-state index is 0.750. The Labute approximate surface area is 147 Å². The van der Waals surface area contributed by atoms with Crippen LogP contribution in [0.15, 0.2) is 0 Å². The van der Waals surface area contributed by atoms with Crippen LogP contribution in [0.5, 0.6) is 0 Å². The number of hydrogen-bond acceptors (Lipinski definition) is 6. The quantitative estimate of drug-likeness (QED) is 0.236. The first-order valence-corrected chi connectivity index (χ1v) is 8.78. The molecule has 0 rings (SSSR count). The van der Waals surface area contributed by atoms with Crippen LogP contribution in [-0.2, 0) is 14.4 Å². The molecule has 0 aliphatic carbocycles. The Morgan fingerprint density at radius 1 is 0.458 bits per heavy atom. The number of unbranched alkanes of at least 4 members (excludes halogenated alkanes) is 12. The molecule has 0 amide bonds. The highest BCUT2D eigenvalue weighted by atomic mass is 16.1. The maximum absolute atomic E-state index is 8.35. The van der Waals surface area contributed by atoms with Gasteiger partial charge in [0.05, 0.1) is 0 Å². The summed E-state index contributed by atoms with van der Waals surface area (Å²) in [6.07, 6.45) is 21.2. The van der Waals surface area contributed by atoms with E-state index >= 15 is 0 Å². The van der Waals surface area contributed by atoms with Crippen LogP contribution in [0.2, 0.25) is 0 Å². The molecule has 0 unspecified atom stereocenters. The Morgan fingerprint density at radius 2 is 0.583 bits per heavy atom. The molecule has 0 heterocycles. The molecular formula is C18H35N3O3. The van der Waals surface area contributed by atoms with E-state index in [1.807, 2.05) is 0 Å². The highest BCUT2D eigenvalue weighted by Crippen LogP contribution is 2.12. The largest absolute Gasteiger partial charge is 0.231 e. The fraction of sp³-hybridized carbons (Fsp3) is 0.833. The van der Waals surface area contributed by atoms with Crippen molar-refractivity contribution in [2.24, 2.45) is 0 Å². The molecule has 0 bridgehead atoms. The summed E-state index contributed by atoms with van der Waals surface area (Å²) in [6, 6.07) is 0. The molecule has 0 saturated carbocycles. The van der Waals surface area contributed by atoms with Crippen molar-refractivity contribution in [1.82, 2.24) is 0 Å². The third kappa shape index (κ3) is 71.8. The number of rotatable bonds is 12. The van der Waals surface area contributed by atoms with Crippen molar-refractivity contribution in [2.45, 2.75) is 97.3 Å². The normalized spacial score (nSPS) is 7.75. The van der Waals surface area contributed by atoms with Crippen molar-refractivity contribution in [3.05, 3.63) is 0 Å². The lowest BCUT2D eigenvalue weighted by atomic mass is 10.1. The van der Waals surface area contributed by atoms with Gasteiger partial charge in [-0.05, 0) is 0 Å². The van der Waals surface area contributed by atoms with E-state index in [1.54, 1.807) is 0 Å². The van der Waals surface area contributed by atoms with Gasteiger partial charge in [0.2, 0.25) is 18.2 Å². The van der Waals surface area contributed by atoms with Crippen LogP contribution in [0.1, 0.15) is 97.3 Å². The van der Waals surface area contributed by atoms with Crippen LogP contribution in [0.25, 0.3) is 0 Å². The molecule has 3 N–H and O–H groups in total. The molecule has 0 atom stereocenters. The molecule has 0 spiro atoms. The van der Waals surface area contributed by atoms with Gasteiger partial charge in [-0.1, -0.05) is 97.3 Å². The minimum absolute atomic E-state index is 0.750. The van der Waals surface area contributed by atoms with E-state index < -0.39 is 0 Å². The first kappa shape index (κ1) is 30.1. The Morgan fingerprint density at radius 3 is 0.708 bits per heavy atom. The predicted molar refractivity (Wildman–Crippen MR) is 96.6 cm³/mol. The van der Waals surface area contributed by atoms with Crippen LogP contribution < -0.4 is 0 Å². The van der Waals surface area contributed by atoms with E-state index in [2.05, 4.69) is 13.8 Å². The summed E-state index contributed by atoms with van der Waals surface area (Å²) in [5.41, 5.74) is 0. The van der Waals surface area contributed by atoms with Crippen LogP contribution in [0.4, 0.5) is 0 Å². The number of nitrogens with one attached hydrogen (secondary N) is 3. The first-order chi connectivity index (χ1) is 11.7. The predicted octanol–water partition coefficient (Wildman–Crippen LogP) is 5.80. The van der Waals surface area contributed by atoms with Gasteiger partial charge < -0.3 is 0 Å². The van der Waals surface area contributed by atoms with Crippen molar-refractivity contribution >= 4 is 18.2 Å². The summed E-state index contributed by atoms with van der Waals surface area (Å²) in [4.78, 5) is 25.0. The molecule has 0 fully saturated rings. The van der Waals surface area contributed by atoms with E-state index in [4.69, 9.17) is 30.6 Å². The van der Waals surface area contributed by atoms with Crippen LogP contribution >= 0.6 is 0 Å². The lowest BCUT2D eigenvalue weighted by Crippen LogP contribution is -1.82. The maximum Gasteiger partial charge on any atom is 0.231 e. The monoisotopic (exact) mass is 341 g/mol. The van der Waals surface area contributed by atoms with Crippen molar-refractivity contribution in [3.63, 3.8) is 0 Å². The molecular weight excluding hydrogens is 306 g/mol. The van der Waals surface area contributed by atoms with E-state index in [1.165, 1.54) is 83.5 Å². The summed E-state index contributed by atoms with van der Waals surface area (Å²) >= 11 is 0. The molecule has 140 valence electrons. The molecule has 0 aliphatic heterocycles. The fourth-order valence-corrected chi connectivity index (χ4v) is 2.09. The molecule has 0 aromatic rings. The SMILES string of the molecule is CCCCCCCCCCCCCCC.N=C=O.N=C=O.N=C=O. The Balaban J connectivity index is -0.000000184. The highest BCUT2D eigenvalue weighted by molar-refractivity contribution is 5.26. The summed E-state index contributed by atoms with van der Waals surface area (Å²) in [6.45, 7) is 4.58. The Bertz CT molecular complexity index is 262. The molecule has 6 heteroatoms. The van der Waals surface area contributed by atoms with Crippen LogP contribution in [-0.4, -0.2) is 18.2 Å². The highest BCUT2D eigenvalue weighted by Gasteiger charge is 1.92. The summed E-state index contributed by atoms with van der Waals surface area (Å²) in [7, 11) is 0. The fourth-order valence-electron chi connectivity index (χ4n) is 2.09. The summed E-state index contributed by atoms with van der Waals surface area (Å²) < 4.78 is 0. The zero-order valence-electron chi connectivity index (χ0n) is 15.4. The van der Waals surface area contributed by atoms with Gasteiger partial charge in [-0.15, -0.1) is 0 Å². The van der Waals surface area contributed by atoms with Gasteiger partial charge in [0.15, 0.2) is 0 Å². The second kappa shape index (κ2) is 42.9. The molecule has 0 radical (unpaired) electrons. The topological polar surface area (TPSA) is 123 Å². The van der Waals surface area contributed by atoms with Gasteiger partial charge in [-0.2, -0.15) is 0 Å².